The van der Waals surface area contributed by atoms with Crippen LogP contribution in [0.4, 0.5) is 13.2 Å². The van der Waals surface area contributed by atoms with Crippen LogP contribution in [0.1, 0.15) is 156 Å². The number of hydrogen-bond acceptors (Lipinski definition) is 7. The molecule has 358 valence electrons. The van der Waals surface area contributed by atoms with Crippen LogP contribution in [0.5, 0.6) is 28.7 Å². The molecule has 0 unspecified atom stereocenters. The van der Waals surface area contributed by atoms with Crippen LogP contribution >= 0.6 is 13.6 Å². The number of phenols is 2. The molecule has 0 saturated carbocycles. The van der Waals surface area contributed by atoms with E-state index in [2.05, 4.69) is 38.6 Å². The quantitative estimate of drug-likeness (QED) is 0.0431. The third kappa shape index (κ3) is 19.5. The Balaban J connectivity index is 0.000000740. The third-order valence-electron chi connectivity index (χ3n) is 9.75. The van der Waals surface area contributed by atoms with E-state index in [9.17, 15) is 31.8 Å². The summed E-state index contributed by atoms with van der Waals surface area (Å²) in [7, 11) is -11.4. The Morgan fingerprint density at radius 2 is 1.28 bits per heavy atom. The van der Waals surface area contributed by atoms with Crippen LogP contribution in [0.3, 0.4) is 0 Å². The number of unbranched alkanes of at least 4 members (excludes halogenated alkanes) is 4. The molecule has 0 heterocycles. The van der Waals surface area contributed by atoms with Crippen molar-refractivity contribution >= 4 is 40.4 Å². The molecular weight excluding hydrogens is 991 g/mol. The van der Waals surface area contributed by atoms with Gasteiger partial charge >= 0.3 is 45.6 Å². The Morgan fingerprint density at radius 1 is 0.828 bits per heavy atom. The van der Waals surface area contributed by atoms with E-state index in [1.165, 1.54) is 53.5 Å². The van der Waals surface area contributed by atoms with Gasteiger partial charge in [0.25, 0.3) is 0 Å². The van der Waals surface area contributed by atoms with Crippen molar-refractivity contribution in [2.75, 3.05) is 0 Å². The van der Waals surface area contributed by atoms with Crippen molar-refractivity contribution in [2.45, 2.75) is 169 Å². The van der Waals surface area contributed by atoms with Crippen molar-refractivity contribution in [1.82, 2.24) is 0 Å². The van der Waals surface area contributed by atoms with E-state index in [0.29, 0.717) is 6.42 Å². The molecular formula is C49H76BrF3O7SSi2Zn. The molecule has 2 aliphatic carbocycles. The maximum atomic E-state index is 13.2. The first-order chi connectivity index (χ1) is 36.2. The fraction of sp³-hybridized carbons (Fsp3) is 0.571. The summed E-state index contributed by atoms with van der Waals surface area (Å²) in [6, 6.07) is 4.87. The number of rotatable bonds is 16. The molecule has 4 rings (SSSR count). The molecule has 0 bridgehead atoms. The molecule has 0 saturated heterocycles. The van der Waals surface area contributed by atoms with Gasteiger partial charge in [-0.25, -0.2) is 0 Å². The second kappa shape index (κ2) is 26.9. The molecule has 0 radical (unpaired) electrons. The van der Waals surface area contributed by atoms with Crippen molar-refractivity contribution in [3.05, 3.63) is 95.4 Å². The van der Waals surface area contributed by atoms with E-state index in [0.717, 1.165) is 43.4 Å². The Kier molecular flexibility index (Phi) is 15.8. The van der Waals surface area contributed by atoms with Crippen LogP contribution in [0.15, 0.2) is 71.8 Å². The zero-order valence-electron chi connectivity index (χ0n) is 54.3. The number of aromatic hydroxyl groups is 2. The molecule has 2 N–H and O–H groups in total. The van der Waals surface area contributed by atoms with Gasteiger partial charge in [0.2, 0.25) is 16.6 Å². The van der Waals surface area contributed by atoms with Crippen molar-refractivity contribution in [3.63, 3.8) is 0 Å². The standard InChI is InChI=1S/C23H35F3O5SSi2.C21H30O2.C5H11.BrH.Zn/c1-15(2)18-11-10-16(3)12-19(18)22-20(30-33(4,5)6)13-17(14-21(22)31-34(7,8)9)29-32(27,28)23(24,25)26;1-5-6-7-8-16-12-19(22)21(20(23)13-16)18-11-15(4)9-10-17(18)14(2)3;1-3-5-4-2;;/h12-14,18-19H,1,10-11H2,2-9H3;11-13,17-18,22-23H,2,5-10H2,1,3-4H3;1,3-5H2,2H3;1H;/q;;-1;;+2/p-1/t18-,19+;17-,18+;;;/m00.../s1/i1D2,2D3,3D3;2D2,3D3,4D3;;;. The topological polar surface area (TPSA) is 102 Å². The maximum absolute atomic E-state index is 13.2. The third-order valence-corrected chi connectivity index (χ3v) is 12.4. The van der Waals surface area contributed by atoms with Gasteiger partial charge in [0.05, 0.1) is 5.48 Å². The summed E-state index contributed by atoms with van der Waals surface area (Å²) in [6.45, 7) is 5.87. The molecule has 4 atom stereocenters. The second-order valence-corrected chi connectivity index (χ2v) is 27.9. The monoisotopic (exact) mass is 1080 g/mol. The molecule has 2 aromatic rings. The molecule has 0 aliphatic heterocycles. The van der Waals surface area contributed by atoms with Crippen LogP contribution < -0.4 is 13.0 Å². The van der Waals surface area contributed by atoms with Gasteiger partial charge in [0.1, 0.15) is 28.7 Å². The first-order valence-corrected chi connectivity index (χ1v) is 36.3. The van der Waals surface area contributed by atoms with Crippen LogP contribution in [-0.4, -0.2) is 40.8 Å². The van der Waals surface area contributed by atoms with Crippen LogP contribution in [0, 0.1) is 18.8 Å². The molecule has 2 aromatic carbocycles. The summed E-state index contributed by atoms with van der Waals surface area (Å²) < 4.78 is 206. The van der Waals surface area contributed by atoms with Gasteiger partial charge in [-0.1, -0.05) is 87.0 Å². The Labute approximate surface area is 426 Å². The fourth-order valence-electron chi connectivity index (χ4n) is 6.98. The Bertz CT molecular complexity index is 2540. The fourth-order valence-corrected chi connectivity index (χ4v) is 9.08. The van der Waals surface area contributed by atoms with E-state index in [-0.39, 0.29) is 71.0 Å². The molecule has 15 heteroatoms. The zero-order valence-corrected chi connectivity index (χ0v) is 45.7. The minimum absolute atomic E-state index is 0.0250. The summed E-state index contributed by atoms with van der Waals surface area (Å²) in [5, 5.41) is 21.5. The number of phenolic OH excluding ortho intramolecular Hbond substituents is 2. The molecule has 0 amide bonds. The summed E-state index contributed by atoms with van der Waals surface area (Å²) in [5.74, 6) is -5.82. The van der Waals surface area contributed by atoms with Gasteiger partial charge in [-0.2, -0.15) is 28.0 Å². The Hall–Kier alpha value is -2.32. The SMILES string of the molecule is [2H]C([2H])=C([C@@H]1CCC(C([2H])([2H])[2H])=C[C@H]1c1c(O)cc(CCCCC)cc1O)C([2H])([2H])[2H].[2H]C([2H])=C([C@@H]1CCC(C([2H])([2H])[2H])=C[C@H]1c1c(O[Si](C)(C)C)cc(OS(=O)(=O)C(F)(F)F)cc1O[Si](C)(C)C)C([2H])([2H])[2H].[CH2-]CCCC.[Zn+][Br]. The first kappa shape index (κ1) is 37.6. The summed E-state index contributed by atoms with van der Waals surface area (Å²) in [6.07, 6.45) is 9.93. The van der Waals surface area contributed by atoms with Crippen LogP contribution in [0.25, 0.3) is 0 Å². The Morgan fingerprint density at radius 3 is 1.62 bits per heavy atom. The van der Waals surface area contributed by atoms with Crippen molar-refractivity contribution in [3.8, 4) is 28.7 Å². The number of hydrogen-bond donors (Lipinski definition) is 2. The summed E-state index contributed by atoms with van der Waals surface area (Å²) in [4.78, 5) is 0. The summed E-state index contributed by atoms with van der Waals surface area (Å²) >= 11 is 4.25. The number of benzene rings is 2. The van der Waals surface area contributed by atoms with E-state index in [4.69, 9.17) is 30.8 Å². The van der Waals surface area contributed by atoms with Crippen LogP contribution in [-0.2, 0) is 32.9 Å². The van der Waals surface area contributed by atoms with E-state index in [1.807, 2.05) is 0 Å². The second-order valence-electron chi connectivity index (χ2n) is 17.5. The van der Waals surface area contributed by atoms with E-state index in [1.54, 1.807) is 39.3 Å². The molecule has 64 heavy (non-hydrogen) atoms. The predicted molar refractivity (Wildman–Crippen MR) is 265 cm³/mol. The van der Waals surface area contributed by atoms with Gasteiger partial charge in [0.15, 0.2) is 0 Å². The molecule has 7 nitrogen and oxygen atoms in total. The normalized spacial score (nSPS) is 23.2. The number of halogens is 4. The van der Waals surface area contributed by atoms with Gasteiger partial charge in [-0.05, 0) is 135 Å². The summed E-state index contributed by atoms with van der Waals surface area (Å²) in [5.41, 5.74) is -5.76. The number of aryl methyl sites for hydroxylation is 1. The number of allylic oxidation sites excluding steroid dienone is 6. The average molecular weight is 1080 g/mol. The van der Waals surface area contributed by atoms with Gasteiger partial charge < -0.3 is 30.2 Å². The average Bonchev–Trinajstić information content (AvgIpc) is 3.25. The van der Waals surface area contributed by atoms with Crippen molar-refractivity contribution in [2.24, 2.45) is 11.8 Å². The van der Waals surface area contributed by atoms with Crippen molar-refractivity contribution in [1.29, 1.82) is 0 Å². The predicted octanol–water partition coefficient (Wildman–Crippen LogP) is 16.1. The minimum atomic E-state index is -6.10. The zero-order chi connectivity index (χ0) is 62.5. The van der Waals surface area contributed by atoms with Gasteiger partial charge in [-0.3, -0.25) is 0 Å². The van der Waals surface area contributed by atoms with Gasteiger partial charge in [0, 0.05) is 51.5 Å². The van der Waals surface area contributed by atoms with E-state index < -0.39 is 113 Å². The molecule has 0 fully saturated rings. The van der Waals surface area contributed by atoms with Crippen molar-refractivity contribution < 1.29 is 83.1 Å². The number of alkyl halides is 3. The molecule has 2 aliphatic rings. The molecule has 0 spiro atoms. The van der Waals surface area contributed by atoms with Gasteiger partial charge in [-0.15, -0.1) is 0 Å². The van der Waals surface area contributed by atoms with E-state index >= 15 is 0 Å². The van der Waals surface area contributed by atoms with Crippen LogP contribution in [0.2, 0.25) is 39.3 Å². The first-order valence-electron chi connectivity index (χ1n) is 29.2. The molecule has 0 aromatic heterocycles.